The molecule has 2 fully saturated rings. The number of hydrogen-bond acceptors (Lipinski definition) is 7. The third kappa shape index (κ3) is 5.03. The van der Waals surface area contributed by atoms with Crippen molar-refractivity contribution in [3.63, 3.8) is 0 Å². The molecule has 1 aromatic rings. The molecule has 2 saturated heterocycles. The maximum absolute atomic E-state index is 13.2. The van der Waals surface area contributed by atoms with Crippen LogP contribution in [-0.2, 0) is 11.0 Å². The van der Waals surface area contributed by atoms with Crippen LogP contribution in [0.1, 0.15) is 24.7 Å². The lowest BCUT2D eigenvalue weighted by Crippen LogP contribution is -2.53. The van der Waals surface area contributed by atoms with Crippen LogP contribution in [0.2, 0.25) is 0 Å². The van der Waals surface area contributed by atoms with Crippen LogP contribution in [-0.4, -0.2) is 72.3 Å². The summed E-state index contributed by atoms with van der Waals surface area (Å²) in [6.45, 7) is 5.16. The van der Waals surface area contributed by atoms with Crippen LogP contribution < -0.4 is 15.5 Å². The van der Waals surface area contributed by atoms with Crippen molar-refractivity contribution < 1.29 is 18.0 Å². The molecule has 2 aliphatic rings. The number of carbonyl (C=O) groups excluding carboxylic acids is 1. The van der Waals surface area contributed by atoms with Gasteiger partial charge in [0.25, 0.3) is 0 Å². The third-order valence-corrected chi connectivity index (χ3v) is 4.93. The topological polar surface area (TPSA) is 97.2 Å². The Morgan fingerprint density at radius 2 is 2.14 bits per heavy atom. The first-order valence-corrected chi connectivity index (χ1v) is 9.45. The van der Waals surface area contributed by atoms with Crippen LogP contribution in [0.4, 0.5) is 19.1 Å². The molecule has 3 heterocycles. The SMILES string of the molecule is CC1CNCCN1C(=O)CN/C=C(\C=N)c1cc(C(F)(F)F)nc(N2CCC2)n1. The van der Waals surface area contributed by atoms with E-state index in [1.807, 2.05) is 6.92 Å². The van der Waals surface area contributed by atoms with E-state index in [4.69, 9.17) is 5.41 Å². The maximum atomic E-state index is 13.2. The molecule has 0 aromatic carbocycles. The fraction of sp³-hybridized carbons (Fsp3) is 0.556. The molecule has 158 valence electrons. The zero-order chi connectivity index (χ0) is 21.0. The van der Waals surface area contributed by atoms with Gasteiger partial charge in [0, 0.05) is 56.8 Å². The minimum absolute atomic E-state index is 0.000423. The van der Waals surface area contributed by atoms with Crippen LogP contribution in [0.3, 0.4) is 0 Å². The molecule has 0 radical (unpaired) electrons. The Balaban J connectivity index is 1.75. The molecule has 0 aliphatic carbocycles. The third-order valence-electron chi connectivity index (χ3n) is 4.93. The molecule has 3 rings (SSSR count). The fourth-order valence-corrected chi connectivity index (χ4v) is 3.14. The van der Waals surface area contributed by atoms with Crippen molar-refractivity contribution in [3.05, 3.63) is 23.7 Å². The molecule has 8 nitrogen and oxygen atoms in total. The first-order valence-electron chi connectivity index (χ1n) is 9.45. The van der Waals surface area contributed by atoms with Gasteiger partial charge in [0.05, 0.1) is 12.2 Å². The molecule has 0 spiro atoms. The number of nitrogens with zero attached hydrogens (tertiary/aromatic N) is 4. The summed E-state index contributed by atoms with van der Waals surface area (Å²) in [5, 5.41) is 13.6. The summed E-state index contributed by atoms with van der Waals surface area (Å²) in [5.41, 5.74) is -0.927. The van der Waals surface area contributed by atoms with Gasteiger partial charge in [-0.15, -0.1) is 0 Å². The molecular formula is C18H24F3N7O. The first kappa shape index (κ1) is 21.0. The largest absolute Gasteiger partial charge is 0.433 e. The van der Waals surface area contributed by atoms with Crippen molar-refractivity contribution >= 4 is 23.6 Å². The zero-order valence-electron chi connectivity index (χ0n) is 16.1. The maximum Gasteiger partial charge on any atom is 0.433 e. The van der Waals surface area contributed by atoms with Gasteiger partial charge >= 0.3 is 6.18 Å². The number of carbonyl (C=O) groups is 1. The second-order valence-corrected chi connectivity index (χ2v) is 7.04. The summed E-state index contributed by atoms with van der Waals surface area (Å²) in [6, 6.07) is 0.890. The average molecular weight is 411 g/mol. The van der Waals surface area contributed by atoms with E-state index in [1.54, 1.807) is 9.80 Å². The standard InChI is InChI=1S/C18H24F3N7O/c1-12-9-23-3-6-28(12)16(29)11-24-10-13(8-22)14-7-15(18(19,20)21)26-17(25-14)27-4-2-5-27/h7-8,10,12,22-24H,2-6,9,11H2,1H3/b13-10+,22-8?. The highest BCUT2D eigenvalue weighted by molar-refractivity contribution is 6.07. The van der Waals surface area contributed by atoms with Crippen LogP contribution >= 0.6 is 0 Å². The minimum atomic E-state index is -4.62. The second kappa shape index (κ2) is 8.76. The van der Waals surface area contributed by atoms with E-state index in [1.165, 1.54) is 6.20 Å². The van der Waals surface area contributed by atoms with Crippen molar-refractivity contribution in [2.75, 3.05) is 44.2 Å². The van der Waals surface area contributed by atoms with Crippen molar-refractivity contribution in [3.8, 4) is 0 Å². The van der Waals surface area contributed by atoms with Gasteiger partial charge in [-0.25, -0.2) is 9.97 Å². The van der Waals surface area contributed by atoms with Gasteiger partial charge in [-0.1, -0.05) is 0 Å². The number of piperazine rings is 1. The molecule has 1 atom stereocenters. The summed E-state index contributed by atoms with van der Waals surface area (Å²) in [7, 11) is 0. The molecule has 11 heteroatoms. The molecule has 2 aliphatic heterocycles. The predicted molar refractivity (Wildman–Crippen MR) is 103 cm³/mol. The van der Waals surface area contributed by atoms with E-state index in [0.29, 0.717) is 26.2 Å². The lowest BCUT2D eigenvalue weighted by Gasteiger charge is -2.34. The Morgan fingerprint density at radius 1 is 1.38 bits per heavy atom. The van der Waals surface area contributed by atoms with Gasteiger partial charge < -0.3 is 25.8 Å². The van der Waals surface area contributed by atoms with E-state index in [-0.39, 0.29) is 35.7 Å². The highest BCUT2D eigenvalue weighted by Gasteiger charge is 2.35. The van der Waals surface area contributed by atoms with Crippen molar-refractivity contribution in [1.82, 2.24) is 25.5 Å². The molecule has 0 saturated carbocycles. The number of rotatable bonds is 6. The van der Waals surface area contributed by atoms with Crippen LogP contribution in [0.25, 0.3) is 5.57 Å². The quantitative estimate of drug-likeness (QED) is 0.607. The summed E-state index contributed by atoms with van der Waals surface area (Å²) >= 11 is 0. The first-order chi connectivity index (χ1) is 13.8. The molecule has 1 amide bonds. The van der Waals surface area contributed by atoms with Gasteiger partial charge in [-0.2, -0.15) is 13.2 Å². The van der Waals surface area contributed by atoms with Crippen molar-refractivity contribution in [2.24, 2.45) is 0 Å². The Bertz CT molecular complexity index is 792. The number of alkyl halides is 3. The molecule has 0 bridgehead atoms. The lowest BCUT2D eigenvalue weighted by molar-refractivity contribution is -0.141. The molecule has 1 aromatic heterocycles. The Morgan fingerprint density at radius 3 is 2.72 bits per heavy atom. The van der Waals surface area contributed by atoms with Crippen molar-refractivity contribution in [1.29, 1.82) is 5.41 Å². The van der Waals surface area contributed by atoms with E-state index in [9.17, 15) is 18.0 Å². The minimum Gasteiger partial charge on any atom is -0.382 e. The van der Waals surface area contributed by atoms with Gasteiger partial charge in [0.1, 0.15) is 0 Å². The van der Waals surface area contributed by atoms with Crippen molar-refractivity contribution in [2.45, 2.75) is 25.6 Å². The summed E-state index contributed by atoms with van der Waals surface area (Å²) < 4.78 is 39.7. The normalized spacial score (nSPS) is 20.3. The average Bonchev–Trinajstić information content (AvgIpc) is 2.63. The highest BCUT2D eigenvalue weighted by atomic mass is 19.4. The molecule has 29 heavy (non-hydrogen) atoms. The Labute approximate surface area is 166 Å². The number of nitrogens with one attached hydrogen (secondary N) is 3. The summed E-state index contributed by atoms with van der Waals surface area (Å²) in [4.78, 5) is 23.6. The Hall–Kier alpha value is -2.69. The predicted octanol–water partition coefficient (Wildman–Crippen LogP) is 1.11. The number of aromatic nitrogens is 2. The molecule has 1 unspecified atom stereocenters. The number of hydrogen-bond donors (Lipinski definition) is 3. The van der Waals surface area contributed by atoms with Crippen LogP contribution in [0, 0.1) is 5.41 Å². The number of halogens is 3. The van der Waals surface area contributed by atoms with Crippen LogP contribution in [0.5, 0.6) is 0 Å². The van der Waals surface area contributed by atoms with Gasteiger partial charge in [-0.3, -0.25) is 4.79 Å². The zero-order valence-corrected chi connectivity index (χ0v) is 16.1. The summed E-state index contributed by atoms with van der Waals surface area (Å²) in [5.74, 6) is -0.112. The molecular weight excluding hydrogens is 387 g/mol. The van der Waals surface area contributed by atoms with E-state index >= 15 is 0 Å². The molecule has 3 N–H and O–H groups in total. The summed E-state index contributed by atoms with van der Waals surface area (Å²) in [6.07, 6.45) is -1.49. The van der Waals surface area contributed by atoms with Gasteiger partial charge in [0.15, 0.2) is 5.69 Å². The van der Waals surface area contributed by atoms with E-state index in [2.05, 4.69) is 20.6 Å². The van der Waals surface area contributed by atoms with Gasteiger partial charge in [-0.05, 0) is 19.4 Å². The number of allylic oxidation sites excluding steroid dienone is 1. The Kier molecular flexibility index (Phi) is 6.36. The van der Waals surface area contributed by atoms with Gasteiger partial charge in [0.2, 0.25) is 11.9 Å². The van der Waals surface area contributed by atoms with E-state index < -0.39 is 11.9 Å². The monoisotopic (exact) mass is 411 g/mol. The smallest absolute Gasteiger partial charge is 0.382 e. The highest BCUT2D eigenvalue weighted by Crippen LogP contribution is 2.31. The second-order valence-electron chi connectivity index (χ2n) is 7.04. The number of anilines is 1. The fourth-order valence-electron chi connectivity index (χ4n) is 3.14. The number of amides is 1. The van der Waals surface area contributed by atoms with Crippen LogP contribution in [0.15, 0.2) is 12.3 Å². The lowest BCUT2D eigenvalue weighted by atomic mass is 10.1. The van der Waals surface area contributed by atoms with E-state index in [0.717, 1.165) is 25.2 Å².